The predicted octanol–water partition coefficient (Wildman–Crippen LogP) is 5.30. The third kappa shape index (κ3) is 5.46. The van der Waals surface area contributed by atoms with Gasteiger partial charge in [0.25, 0.3) is 0 Å². The van der Waals surface area contributed by atoms with Crippen molar-refractivity contribution in [1.29, 1.82) is 5.26 Å². The van der Waals surface area contributed by atoms with E-state index in [0.717, 1.165) is 28.0 Å². The molecule has 8 heteroatoms. The van der Waals surface area contributed by atoms with Crippen molar-refractivity contribution >= 4 is 22.8 Å². The number of ether oxygens (including phenoxy) is 1. The molecule has 0 spiro atoms. The van der Waals surface area contributed by atoms with Crippen molar-refractivity contribution in [2.24, 2.45) is 5.92 Å². The van der Waals surface area contributed by atoms with E-state index in [1.165, 1.54) is 25.7 Å². The molecule has 0 amide bonds. The summed E-state index contributed by atoms with van der Waals surface area (Å²) < 4.78 is 9.71. The molecule has 1 unspecified atom stereocenters. The average Bonchev–Trinajstić information content (AvgIpc) is 3.58. The summed E-state index contributed by atoms with van der Waals surface area (Å²) in [7, 11) is 0. The van der Waals surface area contributed by atoms with Crippen LogP contribution in [0.25, 0.3) is 22.3 Å². The summed E-state index contributed by atoms with van der Waals surface area (Å²) >= 11 is 1.77. The van der Waals surface area contributed by atoms with Gasteiger partial charge in [-0.05, 0) is 31.1 Å². The molecule has 3 heterocycles. The van der Waals surface area contributed by atoms with Crippen molar-refractivity contribution in [1.82, 2.24) is 24.3 Å². The monoisotopic (exact) mass is 440 g/mol. The van der Waals surface area contributed by atoms with Crippen LogP contribution in [0.3, 0.4) is 0 Å². The smallest absolute Gasteiger partial charge is 0.145 e. The fourth-order valence-electron chi connectivity index (χ4n) is 4.20. The molecule has 0 bridgehead atoms. The first-order valence-corrected chi connectivity index (χ1v) is 12.5. The molecule has 0 radical (unpaired) electrons. The average molecular weight is 441 g/mol. The highest BCUT2D eigenvalue weighted by Gasteiger charge is 2.27. The van der Waals surface area contributed by atoms with Gasteiger partial charge in [-0.25, -0.2) is 9.97 Å². The lowest BCUT2D eigenvalue weighted by Gasteiger charge is -2.21. The van der Waals surface area contributed by atoms with Gasteiger partial charge < -0.3 is 9.30 Å². The lowest BCUT2D eigenvalue weighted by atomic mass is 9.96. The molecule has 4 rings (SSSR count). The molecule has 0 aromatic carbocycles. The Balaban J connectivity index is 0.00000132. The van der Waals surface area contributed by atoms with Crippen LogP contribution in [0.15, 0.2) is 31.0 Å². The molecule has 1 atom stereocenters. The van der Waals surface area contributed by atoms with E-state index in [4.69, 9.17) is 4.74 Å². The first-order chi connectivity index (χ1) is 15.3. The van der Waals surface area contributed by atoms with Crippen LogP contribution < -0.4 is 0 Å². The van der Waals surface area contributed by atoms with E-state index >= 15 is 0 Å². The highest BCUT2D eigenvalue weighted by Crippen LogP contribution is 2.36. The lowest BCUT2D eigenvalue weighted by molar-refractivity contribution is 0.0926. The lowest BCUT2D eigenvalue weighted by Crippen LogP contribution is -2.17. The van der Waals surface area contributed by atoms with Crippen molar-refractivity contribution < 1.29 is 4.74 Å². The largest absolute Gasteiger partial charge is 0.360 e. The predicted molar refractivity (Wildman–Crippen MR) is 126 cm³/mol. The van der Waals surface area contributed by atoms with Gasteiger partial charge in [-0.1, -0.05) is 26.7 Å². The minimum absolute atomic E-state index is 0.142. The second-order valence-corrected chi connectivity index (χ2v) is 8.44. The van der Waals surface area contributed by atoms with Crippen molar-refractivity contribution in [2.45, 2.75) is 58.7 Å². The fraction of sp³-hybridized carbons (Fsp3) is 0.565. The molecule has 3 aromatic heterocycles. The van der Waals surface area contributed by atoms with Crippen LogP contribution in [0.2, 0.25) is 0 Å². The van der Waals surface area contributed by atoms with Gasteiger partial charge in [0.2, 0.25) is 0 Å². The van der Waals surface area contributed by atoms with Crippen LogP contribution >= 0.6 is 11.8 Å². The van der Waals surface area contributed by atoms with E-state index in [1.54, 1.807) is 18.1 Å². The van der Waals surface area contributed by atoms with E-state index in [1.807, 2.05) is 47.8 Å². The molecule has 0 aliphatic heterocycles. The molecular weight excluding hydrogens is 408 g/mol. The molecular formula is C23H32N6OS. The van der Waals surface area contributed by atoms with Crippen LogP contribution in [0.5, 0.6) is 0 Å². The zero-order valence-electron chi connectivity index (χ0n) is 18.7. The maximum atomic E-state index is 9.30. The van der Waals surface area contributed by atoms with Gasteiger partial charge in [-0.3, -0.25) is 4.68 Å². The van der Waals surface area contributed by atoms with Gasteiger partial charge in [-0.2, -0.15) is 22.1 Å². The van der Waals surface area contributed by atoms with Crippen LogP contribution in [0.4, 0.5) is 0 Å². The Morgan fingerprint density at radius 3 is 2.84 bits per heavy atom. The molecule has 1 saturated carbocycles. The van der Waals surface area contributed by atoms with E-state index in [0.29, 0.717) is 25.7 Å². The number of hydrogen-bond donors (Lipinski definition) is 0. The van der Waals surface area contributed by atoms with E-state index in [9.17, 15) is 5.26 Å². The Labute approximate surface area is 188 Å². The second kappa shape index (κ2) is 11.9. The maximum absolute atomic E-state index is 9.30. The SMILES string of the molecule is CC.CSCCOCn1ccc2c(-c3cnn(C(CC#N)C4CCCC4)c3)ncnc21. The minimum atomic E-state index is 0.142. The number of nitriles is 1. The van der Waals surface area contributed by atoms with Gasteiger partial charge >= 0.3 is 0 Å². The van der Waals surface area contributed by atoms with Crippen LogP contribution in [-0.2, 0) is 11.5 Å². The topological polar surface area (TPSA) is 81.5 Å². The molecule has 7 nitrogen and oxygen atoms in total. The van der Waals surface area contributed by atoms with Gasteiger partial charge in [0, 0.05) is 29.1 Å². The summed E-state index contributed by atoms with van der Waals surface area (Å²) in [6, 6.07) is 4.52. The fourth-order valence-corrected chi connectivity index (χ4v) is 4.48. The van der Waals surface area contributed by atoms with E-state index in [-0.39, 0.29) is 6.04 Å². The number of rotatable bonds is 9. The third-order valence-corrected chi connectivity index (χ3v) is 6.25. The molecule has 1 fully saturated rings. The highest BCUT2D eigenvalue weighted by molar-refractivity contribution is 7.98. The quantitative estimate of drug-likeness (QED) is 0.420. The van der Waals surface area contributed by atoms with E-state index in [2.05, 4.69) is 27.4 Å². The molecule has 0 saturated heterocycles. The number of fused-ring (bicyclic) bond motifs is 1. The minimum Gasteiger partial charge on any atom is -0.360 e. The summed E-state index contributed by atoms with van der Waals surface area (Å²) in [5, 5.41) is 14.9. The summed E-state index contributed by atoms with van der Waals surface area (Å²) in [4.78, 5) is 8.99. The Bertz CT molecular complexity index is 986. The zero-order valence-corrected chi connectivity index (χ0v) is 19.5. The second-order valence-electron chi connectivity index (χ2n) is 7.46. The first kappa shape index (κ1) is 23.3. The van der Waals surface area contributed by atoms with Crippen LogP contribution in [0, 0.1) is 17.2 Å². The van der Waals surface area contributed by atoms with Crippen LogP contribution in [0.1, 0.15) is 52.0 Å². The maximum Gasteiger partial charge on any atom is 0.145 e. The number of hydrogen-bond acceptors (Lipinski definition) is 6. The number of aromatic nitrogens is 5. The third-order valence-electron chi connectivity index (χ3n) is 5.68. The Kier molecular flexibility index (Phi) is 8.92. The Hall–Kier alpha value is -2.37. The van der Waals surface area contributed by atoms with Crippen molar-refractivity contribution in [2.75, 3.05) is 18.6 Å². The molecule has 0 N–H and O–H groups in total. The van der Waals surface area contributed by atoms with Gasteiger partial charge in [0.05, 0.1) is 37.0 Å². The van der Waals surface area contributed by atoms with Gasteiger partial charge in [-0.15, -0.1) is 0 Å². The van der Waals surface area contributed by atoms with Gasteiger partial charge in [0.1, 0.15) is 18.7 Å². The van der Waals surface area contributed by atoms with Crippen molar-refractivity contribution in [3.63, 3.8) is 0 Å². The van der Waals surface area contributed by atoms with E-state index < -0.39 is 0 Å². The molecule has 166 valence electrons. The summed E-state index contributed by atoms with van der Waals surface area (Å²) in [5.74, 6) is 1.51. The number of thioether (sulfide) groups is 1. The number of nitrogens with zero attached hydrogens (tertiary/aromatic N) is 6. The van der Waals surface area contributed by atoms with Gasteiger partial charge in [0.15, 0.2) is 0 Å². The highest BCUT2D eigenvalue weighted by atomic mass is 32.2. The normalized spacial score (nSPS) is 14.9. The summed E-state index contributed by atoms with van der Waals surface area (Å²) in [5.41, 5.74) is 2.68. The van der Waals surface area contributed by atoms with Crippen molar-refractivity contribution in [3.8, 4) is 17.3 Å². The van der Waals surface area contributed by atoms with Crippen molar-refractivity contribution in [3.05, 3.63) is 31.0 Å². The molecule has 31 heavy (non-hydrogen) atoms. The molecule has 3 aromatic rings. The van der Waals surface area contributed by atoms with Crippen LogP contribution in [-0.4, -0.2) is 42.9 Å². The summed E-state index contributed by atoms with van der Waals surface area (Å²) in [6.45, 7) is 5.19. The standard InChI is InChI=1S/C21H26N6OS.C2H6/c1-29-11-10-28-15-26-9-7-18-20(23-14-24-21(18)26)17-12-25-27(13-17)19(6-8-22)16-4-2-3-5-16;1-2/h7,9,12-14,16,19H,2-6,10-11,15H2,1H3;1-2H3. The zero-order chi connectivity index (χ0) is 22.1. The Morgan fingerprint density at radius 1 is 1.29 bits per heavy atom. The molecule has 1 aliphatic carbocycles. The molecule has 1 aliphatic rings. The first-order valence-electron chi connectivity index (χ1n) is 11.1. The summed E-state index contributed by atoms with van der Waals surface area (Å²) in [6.07, 6.45) is 14.9. The Morgan fingerprint density at radius 2 is 2.10 bits per heavy atom.